The van der Waals surface area contributed by atoms with Crippen molar-refractivity contribution in [2.45, 2.75) is 38.6 Å². The Morgan fingerprint density at radius 3 is 2.71 bits per heavy atom. The predicted octanol–water partition coefficient (Wildman–Crippen LogP) is 4.93. The summed E-state index contributed by atoms with van der Waals surface area (Å²) in [7, 11) is 0. The lowest BCUT2D eigenvalue weighted by atomic mass is 9.86. The molecule has 1 fully saturated rings. The quantitative estimate of drug-likeness (QED) is 0.731. The van der Waals surface area contributed by atoms with Gasteiger partial charge < -0.3 is 9.84 Å². The molecule has 6 heteroatoms. The standard InChI is InChI=1S/C18H19ClN4O/c1-11-4-2-3-5-14(11)22-17-15-16(12-6-8-13(19)9-7-12)23-24-18(15)21-10-20-17/h6-11,14H,2-5H2,1H3,(H,20,21,22)/t11-,14-/m0/s1. The third kappa shape index (κ3) is 2.84. The van der Waals surface area contributed by atoms with E-state index in [1.807, 2.05) is 24.3 Å². The molecular weight excluding hydrogens is 324 g/mol. The number of aromatic nitrogens is 3. The molecule has 2 heterocycles. The van der Waals surface area contributed by atoms with E-state index in [0.29, 0.717) is 22.7 Å². The second-order valence-electron chi connectivity index (χ2n) is 6.45. The minimum atomic E-state index is 0.421. The minimum Gasteiger partial charge on any atom is -0.366 e. The molecular formula is C18H19ClN4O. The van der Waals surface area contributed by atoms with Gasteiger partial charge in [0.25, 0.3) is 5.71 Å². The van der Waals surface area contributed by atoms with Crippen molar-refractivity contribution in [1.82, 2.24) is 15.1 Å². The highest BCUT2D eigenvalue weighted by Gasteiger charge is 2.24. The van der Waals surface area contributed by atoms with Gasteiger partial charge in [0, 0.05) is 16.6 Å². The van der Waals surface area contributed by atoms with E-state index in [0.717, 1.165) is 28.9 Å². The first-order chi connectivity index (χ1) is 11.7. The van der Waals surface area contributed by atoms with Crippen LogP contribution in [0.2, 0.25) is 5.02 Å². The summed E-state index contributed by atoms with van der Waals surface area (Å²) in [5.41, 5.74) is 2.18. The predicted molar refractivity (Wildman–Crippen MR) is 95.1 cm³/mol. The summed E-state index contributed by atoms with van der Waals surface area (Å²) in [6, 6.07) is 7.97. The molecule has 4 rings (SSSR count). The zero-order valence-corrected chi connectivity index (χ0v) is 14.3. The second-order valence-corrected chi connectivity index (χ2v) is 6.89. The monoisotopic (exact) mass is 342 g/mol. The number of hydrogen-bond acceptors (Lipinski definition) is 5. The van der Waals surface area contributed by atoms with Crippen LogP contribution in [0.15, 0.2) is 35.1 Å². The summed E-state index contributed by atoms with van der Waals surface area (Å²) < 4.78 is 5.42. The fraction of sp³-hybridized carbons (Fsp3) is 0.389. The third-order valence-electron chi connectivity index (χ3n) is 4.82. The van der Waals surface area contributed by atoms with E-state index in [4.69, 9.17) is 16.1 Å². The Hall–Kier alpha value is -2.14. The van der Waals surface area contributed by atoms with Gasteiger partial charge in [-0.25, -0.2) is 4.98 Å². The fourth-order valence-electron chi connectivity index (χ4n) is 3.41. The summed E-state index contributed by atoms with van der Waals surface area (Å²) in [6.45, 7) is 2.29. The van der Waals surface area contributed by atoms with Crippen LogP contribution in [-0.4, -0.2) is 21.2 Å². The van der Waals surface area contributed by atoms with Gasteiger partial charge in [0.2, 0.25) is 0 Å². The maximum Gasteiger partial charge on any atom is 0.263 e. The number of benzene rings is 1. The Morgan fingerprint density at radius 2 is 1.92 bits per heavy atom. The van der Waals surface area contributed by atoms with Crippen LogP contribution in [0.25, 0.3) is 22.4 Å². The van der Waals surface area contributed by atoms with Crippen LogP contribution in [0.3, 0.4) is 0 Å². The highest BCUT2D eigenvalue weighted by Crippen LogP contribution is 2.34. The average Bonchev–Trinajstić information content (AvgIpc) is 3.03. The number of halogens is 1. The molecule has 1 aliphatic rings. The van der Waals surface area contributed by atoms with E-state index in [2.05, 4.69) is 27.4 Å². The van der Waals surface area contributed by atoms with Gasteiger partial charge in [-0.15, -0.1) is 0 Å². The van der Waals surface area contributed by atoms with Crippen molar-refractivity contribution in [3.05, 3.63) is 35.6 Å². The van der Waals surface area contributed by atoms with Crippen molar-refractivity contribution in [3.63, 3.8) is 0 Å². The smallest absolute Gasteiger partial charge is 0.263 e. The van der Waals surface area contributed by atoms with Gasteiger partial charge in [0.15, 0.2) is 0 Å². The van der Waals surface area contributed by atoms with Gasteiger partial charge in [0.05, 0.1) is 0 Å². The van der Waals surface area contributed by atoms with E-state index >= 15 is 0 Å². The molecule has 0 amide bonds. The van der Waals surface area contributed by atoms with Gasteiger partial charge in [-0.05, 0) is 30.9 Å². The summed E-state index contributed by atoms with van der Waals surface area (Å²) in [5, 5.41) is 9.33. The lowest BCUT2D eigenvalue weighted by molar-refractivity contribution is 0.349. The molecule has 0 spiro atoms. The van der Waals surface area contributed by atoms with Crippen LogP contribution in [0.1, 0.15) is 32.6 Å². The molecule has 0 unspecified atom stereocenters. The number of fused-ring (bicyclic) bond motifs is 1. The fourth-order valence-corrected chi connectivity index (χ4v) is 3.53. The molecule has 1 aromatic carbocycles. The van der Waals surface area contributed by atoms with Crippen LogP contribution < -0.4 is 5.32 Å². The van der Waals surface area contributed by atoms with Crippen molar-refractivity contribution >= 4 is 28.5 Å². The van der Waals surface area contributed by atoms with Gasteiger partial charge in [-0.3, -0.25) is 0 Å². The Morgan fingerprint density at radius 1 is 1.12 bits per heavy atom. The van der Waals surface area contributed by atoms with Crippen molar-refractivity contribution in [3.8, 4) is 11.3 Å². The summed E-state index contributed by atoms with van der Waals surface area (Å²) in [4.78, 5) is 8.67. The first-order valence-corrected chi connectivity index (χ1v) is 8.73. The highest BCUT2D eigenvalue weighted by atomic mass is 35.5. The van der Waals surface area contributed by atoms with Crippen molar-refractivity contribution < 1.29 is 4.52 Å². The molecule has 1 aliphatic carbocycles. The van der Waals surface area contributed by atoms with Crippen LogP contribution in [0.5, 0.6) is 0 Å². The third-order valence-corrected chi connectivity index (χ3v) is 5.08. The maximum absolute atomic E-state index is 5.99. The summed E-state index contributed by atoms with van der Waals surface area (Å²) in [5.74, 6) is 1.42. The average molecular weight is 343 g/mol. The van der Waals surface area contributed by atoms with Crippen LogP contribution >= 0.6 is 11.6 Å². The summed E-state index contributed by atoms with van der Waals surface area (Å²) in [6.07, 6.45) is 6.49. The normalized spacial score (nSPS) is 21.1. The first-order valence-electron chi connectivity index (χ1n) is 8.35. The van der Waals surface area contributed by atoms with Crippen LogP contribution in [0.4, 0.5) is 5.82 Å². The van der Waals surface area contributed by atoms with E-state index in [9.17, 15) is 0 Å². The number of nitrogens with one attached hydrogen (secondary N) is 1. The zero-order chi connectivity index (χ0) is 16.5. The SMILES string of the molecule is C[C@H]1CCCC[C@@H]1Nc1ncnc2onc(-c3ccc(Cl)cc3)c12. The van der Waals surface area contributed by atoms with Gasteiger partial charge in [0.1, 0.15) is 23.2 Å². The molecule has 2 atom stereocenters. The molecule has 1 saturated carbocycles. The molecule has 2 aromatic heterocycles. The molecule has 124 valence electrons. The zero-order valence-electron chi connectivity index (χ0n) is 13.5. The molecule has 0 saturated heterocycles. The van der Waals surface area contributed by atoms with Crippen molar-refractivity contribution in [2.24, 2.45) is 5.92 Å². The lowest BCUT2D eigenvalue weighted by Gasteiger charge is -2.30. The maximum atomic E-state index is 5.99. The number of rotatable bonds is 3. The van der Waals surface area contributed by atoms with Gasteiger partial charge >= 0.3 is 0 Å². The van der Waals surface area contributed by atoms with Crippen molar-refractivity contribution in [2.75, 3.05) is 5.32 Å². The molecule has 0 aliphatic heterocycles. The number of anilines is 1. The molecule has 24 heavy (non-hydrogen) atoms. The molecule has 0 radical (unpaired) electrons. The van der Waals surface area contributed by atoms with E-state index in [-0.39, 0.29) is 0 Å². The molecule has 1 N–H and O–H groups in total. The van der Waals surface area contributed by atoms with Crippen LogP contribution in [-0.2, 0) is 0 Å². The Balaban J connectivity index is 1.75. The van der Waals surface area contributed by atoms with Crippen LogP contribution in [0, 0.1) is 5.92 Å². The Bertz CT molecular complexity index is 846. The van der Waals surface area contributed by atoms with Gasteiger partial charge in [-0.2, -0.15) is 4.98 Å². The Labute approximate surface area is 145 Å². The van der Waals surface area contributed by atoms with E-state index in [1.165, 1.54) is 25.6 Å². The van der Waals surface area contributed by atoms with E-state index < -0.39 is 0 Å². The number of nitrogens with zero attached hydrogens (tertiary/aromatic N) is 3. The topological polar surface area (TPSA) is 63.8 Å². The Kier molecular flexibility index (Phi) is 4.10. The second kappa shape index (κ2) is 6.40. The highest BCUT2D eigenvalue weighted by molar-refractivity contribution is 6.30. The molecule has 5 nitrogen and oxygen atoms in total. The van der Waals surface area contributed by atoms with Gasteiger partial charge in [-0.1, -0.05) is 48.7 Å². The molecule has 3 aromatic rings. The molecule has 0 bridgehead atoms. The largest absolute Gasteiger partial charge is 0.366 e. The minimum absolute atomic E-state index is 0.421. The van der Waals surface area contributed by atoms with Crippen molar-refractivity contribution in [1.29, 1.82) is 0 Å². The number of hydrogen-bond donors (Lipinski definition) is 1. The van der Waals surface area contributed by atoms with E-state index in [1.54, 1.807) is 0 Å². The lowest BCUT2D eigenvalue weighted by Crippen LogP contribution is -2.30. The first kappa shape index (κ1) is 15.4. The summed E-state index contributed by atoms with van der Waals surface area (Å²) >= 11 is 5.99.